The first-order chi connectivity index (χ1) is 9.25. The second-order valence-electron chi connectivity index (χ2n) is 5.29. The highest BCUT2D eigenvalue weighted by Crippen LogP contribution is 2.43. The van der Waals surface area contributed by atoms with Crippen LogP contribution in [0.4, 0.5) is 0 Å². The Labute approximate surface area is 135 Å². The van der Waals surface area contributed by atoms with E-state index in [9.17, 15) is 0 Å². The van der Waals surface area contributed by atoms with Crippen LogP contribution < -0.4 is 0 Å². The highest BCUT2D eigenvalue weighted by molar-refractivity contribution is 9.10. The van der Waals surface area contributed by atoms with Gasteiger partial charge in [-0.1, -0.05) is 40.2 Å². The fourth-order valence-electron chi connectivity index (χ4n) is 3.14. The fraction of sp³-hybridized carbons (Fsp3) is 0.375. The van der Waals surface area contributed by atoms with Crippen molar-refractivity contribution >= 4 is 43.2 Å². The largest absolute Gasteiger partial charge is 0.148 e. The average Bonchev–Trinajstić information content (AvgIpc) is 2.84. The molecule has 0 nitrogen and oxygen atoms in total. The highest BCUT2D eigenvalue weighted by atomic mass is 79.9. The van der Waals surface area contributed by atoms with Crippen LogP contribution in [-0.4, -0.2) is 5.33 Å². The summed E-state index contributed by atoms with van der Waals surface area (Å²) in [6, 6.07) is 11.2. The second-order valence-corrected chi connectivity index (χ2v) is 7.71. The van der Waals surface area contributed by atoms with Crippen LogP contribution in [0.5, 0.6) is 0 Å². The Balaban J connectivity index is 2.03. The SMILES string of the molecule is BrCC1(Cc2sccc2Br)CCCc2ccccc21. The summed E-state index contributed by atoms with van der Waals surface area (Å²) in [5.74, 6) is 0. The van der Waals surface area contributed by atoms with Crippen molar-refractivity contribution in [1.82, 2.24) is 0 Å². The Kier molecular flexibility index (Phi) is 4.16. The summed E-state index contributed by atoms with van der Waals surface area (Å²) >= 11 is 9.34. The zero-order valence-corrected chi connectivity index (χ0v) is 14.7. The smallest absolute Gasteiger partial charge is 0.0314 e. The molecule has 0 spiro atoms. The predicted octanol–water partition coefficient (Wildman–Crippen LogP) is 5.72. The molecular weight excluding hydrogens is 384 g/mol. The van der Waals surface area contributed by atoms with Crippen LogP contribution in [0.15, 0.2) is 40.2 Å². The minimum Gasteiger partial charge on any atom is -0.148 e. The van der Waals surface area contributed by atoms with Crippen LogP contribution in [0.2, 0.25) is 0 Å². The molecule has 3 rings (SSSR count). The third-order valence-corrected chi connectivity index (χ3v) is 7.14. The summed E-state index contributed by atoms with van der Waals surface area (Å²) in [6.45, 7) is 0. The van der Waals surface area contributed by atoms with E-state index in [1.54, 1.807) is 11.1 Å². The van der Waals surface area contributed by atoms with Crippen molar-refractivity contribution in [3.8, 4) is 0 Å². The summed E-state index contributed by atoms with van der Waals surface area (Å²) < 4.78 is 1.26. The van der Waals surface area contributed by atoms with Gasteiger partial charge in [-0.15, -0.1) is 11.3 Å². The molecule has 0 amide bonds. The van der Waals surface area contributed by atoms with Gasteiger partial charge in [0.15, 0.2) is 0 Å². The number of halogens is 2. The number of hydrogen-bond acceptors (Lipinski definition) is 1. The lowest BCUT2D eigenvalue weighted by Gasteiger charge is -2.38. The zero-order chi connectivity index (χ0) is 13.3. The zero-order valence-electron chi connectivity index (χ0n) is 10.7. The molecule has 1 aliphatic rings. The van der Waals surface area contributed by atoms with E-state index in [4.69, 9.17) is 0 Å². The van der Waals surface area contributed by atoms with E-state index in [0.717, 1.165) is 11.8 Å². The van der Waals surface area contributed by atoms with Gasteiger partial charge in [0.05, 0.1) is 0 Å². The minimum absolute atomic E-state index is 0.266. The summed E-state index contributed by atoms with van der Waals surface area (Å²) in [4.78, 5) is 1.47. The minimum atomic E-state index is 0.266. The quantitative estimate of drug-likeness (QED) is 0.578. The van der Waals surface area contributed by atoms with Gasteiger partial charge in [-0.3, -0.25) is 0 Å². The summed E-state index contributed by atoms with van der Waals surface area (Å²) in [7, 11) is 0. The van der Waals surface area contributed by atoms with E-state index < -0.39 is 0 Å². The lowest BCUT2D eigenvalue weighted by Crippen LogP contribution is -2.34. The molecule has 1 aromatic heterocycles. The molecule has 0 saturated carbocycles. The van der Waals surface area contributed by atoms with Gasteiger partial charge in [0.25, 0.3) is 0 Å². The molecule has 0 saturated heterocycles. The van der Waals surface area contributed by atoms with E-state index in [2.05, 4.69) is 67.6 Å². The summed E-state index contributed by atoms with van der Waals surface area (Å²) in [5, 5.41) is 3.22. The third-order valence-electron chi connectivity index (χ3n) is 4.14. The van der Waals surface area contributed by atoms with Crippen molar-refractivity contribution < 1.29 is 0 Å². The molecule has 0 bridgehead atoms. The Morgan fingerprint density at radius 2 is 2.05 bits per heavy atom. The molecule has 3 heteroatoms. The first-order valence-electron chi connectivity index (χ1n) is 6.61. The molecule has 1 heterocycles. The number of rotatable bonds is 3. The van der Waals surface area contributed by atoms with E-state index in [1.807, 2.05) is 11.3 Å². The molecular formula is C16H16Br2S. The van der Waals surface area contributed by atoms with Gasteiger partial charge in [0, 0.05) is 20.1 Å². The summed E-state index contributed by atoms with van der Waals surface area (Å²) in [5.41, 5.74) is 3.36. The molecule has 0 aliphatic heterocycles. The molecule has 0 fully saturated rings. The van der Waals surface area contributed by atoms with E-state index in [0.29, 0.717) is 0 Å². The molecule has 0 radical (unpaired) electrons. The number of alkyl halides is 1. The van der Waals surface area contributed by atoms with Gasteiger partial charge in [-0.2, -0.15) is 0 Å². The number of benzene rings is 1. The van der Waals surface area contributed by atoms with Gasteiger partial charge >= 0.3 is 0 Å². The van der Waals surface area contributed by atoms with Crippen LogP contribution >= 0.6 is 43.2 Å². The molecule has 0 N–H and O–H groups in total. The number of thiophene rings is 1. The Morgan fingerprint density at radius 1 is 1.21 bits per heavy atom. The monoisotopic (exact) mass is 398 g/mol. The third kappa shape index (κ3) is 2.57. The van der Waals surface area contributed by atoms with Crippen molar-refractivity contribution in [2.45, 2.75) is 31.1 Å². The van der Waals surface area contributed by atoms with Crippen molar-refractivity contribution in [2.24, 2.45) is 0 Å². The van der Waals surface area contributed by atoms with Crippen LogP contribution in [0.25, 0.3) is 0 Å². The highest BCUT2D eigenvalue weighted by Gasteiger charge is 2.36. The first kappa shape index (κ1) is 13.8. The fourth-order valence-corrected chi connectivity index (χ4v) is 5.55. The van der Waals surface area contributed by atoms with Gasteiger partial charge in [0.1, 0.15) is 0 Å². The first-order valence-corrected chi connectivity index (χ1v) is 9.41. The topological polar surface area (TPSA) is 0 Å². The Morgan fingerprint density at radius 3 is 2.79 bits per heavy atom. The maximum Gasteiger partial charge on any atom is 0.0314 e. The molecule has 1 aliphatic carbocycles. The predicted molar refractivity (Wildman–Crippen MR) is 90.6 cm³/mol. The molecule has 100 valence electrons. The standard InChI is InChI=1S/C16H16Br2S/c17-11-16(10-15-14(18)7-9-19-15)8-3-5-12-4-1-2-6-13(12)16/h1-2,4,6-7,9H,3,5,8,10-11H2. The van der Waals surface area contributed by atoms with Gasteiger partial charge in [-0.25, -0.2) is 0 Å². The second kappa shape index (κ2) is 5.71. The van der Waals surface area contributed by atoms with Crippen LogP contribution in [0, 0.1) is 0 Å². The number of hydrogen-bond donors (Lipinski definition) is 0. The normalized spacial score (nSPS) is 22.2. The van der Waals surface area contributed by atoms with Crippen molar-refractivity contribution in [2.75, 3.05) is 5.33 Å². The summed E-state index contributed by atoms with van der Waals surface area (Å²) in [6.07, 6.45) is 4.94. The number of fused-ring (bicyclic) bond motifs is 1. The molecule has 1 aromatic carbocycles. The van der Waals surface area contributed by atoms with Crippen LogP contribution in [-0.2, 0) is 18.3 Å². The molecule has 19 heavy (non-hydrogen) atoms. The van der Waals surface area contributed by atoms with E-state index >= 15 is 0 Å². The van der Waals surface area contributed by atoms with Gasteiger partial charge < -0.3 is 0 Å². The van der Waals surface area contributed by atoms with E-state index in [-0.39, 0.29) is 5.41 Å². The Bertz CT molecular complexity index is 576. The van der Waals surface area contributed by atoms with Crippen molar-refractivity contribution in [3.05, 3.63) is 56.2 Å². The molecule has 1 atom stereocenters. The average molecular weight is 400 g/mol. The van der Waals surface area contributed by atoms with Gasteiger partial charge in [0.2, 0.25) is 0 Å². The van der Waals surface area contributed by atoms with Crippen molar-refractivity contribution in [3.63, 3.8) is 0 Å². The van der Waals surface area contributed by atoms with Crippen molar-refractivity contribution in [1.29, 1.82) is 0 Å². The van der Waals surface area contributed by atoms with Crippen LogP contribution in [0.3, 0.4) is 0 Å². The lowest BCUT2D eigenvalue weighted by atomic mass is 9.69. The number of aryl methyl sites for hydroxylation is 1. The maximum atomic E-state index is 3.80. The lowest BCUT2D eigenvalue weighted by molar-refractivity contribution is 0.403. The van der Waals surface area contributed by atoms with Gasteiger partial charge in [-0.05, 0) is 64.2 Å². The van der Waals surface area contributed by atoms with E-state index in [1.165, 1.54) is 28.6 Å². The molecule has 1 unspecified atom stereocenters. The van der Waals surface area contributed by atoms with Crippen LogP contribution in [0.1, 0.15) is 28.8 Å². The molecule has 2 aromatic rings. The maximum absolute atomic E-state index is 3.80. The Hall–Kier alpha value is -0.120.